The second-order valence-electron chi connectivity index (χ2n) is 12.7. The van der Waals surface area contributed by atoms with Crippen LogP contribution in [0.2, 0.25) is 0 Å². The third-order valence-electron chi connectivity index (χ3n) is 9.81. The molecule has 2 saturated heterocycles. The summed E-state index contributed by atoms with van der Waals surface area (Å²) in [4.78, 5) is 24.2. The highest BCUT2D eigenvalue weighted by atomic mass is 19.4. The molecule has 5 fully saturated rings. The van der Waals surface area contributed by atoms with Gasteiger partial charge in [0.15, 0.2) is 0 Å². The second-order valence-corrected chi connectivity index (χ2v) is 12.7. The molecule has 8 rings (SSSR count). The number of likely N-dealkylation sites (tertiary alicyclic amines) is 1. The van der Waals surface area contributed by atoms with E-state index in [1.54, 1.807) is 12.1 Å². The maximum absolute atomic E-state index is 13.2. The van der Waals surface area contributed by atoms with E-state index in [0.29, 0.717) is 31.1 Å². The molecule has 0 unspecified atom stereocenters. The molecule has 8 nitrogen and oxygen atoms in total. The van der Waals surface area contributed by atoms with Crippen LogP contribution in [0.3, 0.4) is 0 Å². The van der Waals surface area contributed by atoms with Crippen molar-refractivity contribution >= 4 is 17.0 Å². The zero-order chi connectivity index (χ0) is 29.1. The average molecular weight is 585 g/mol. The zero-order valence-corrected chi connectivity index (χ0v) is 23.7. The van der Waals surface area contributed by atoms with Gasteiger partial charge in [0.25, 0.3) is 0 Å². The number of aromatic nitrogens is 3. The number of piperidine rings is 1. The Morgan fingerprint density at radius 3 is 2.52 bits per heavy atom. The number of rotatable bonds is 9. The van der Waals surface area contributed by atoms with Gasteiger partial charge in [-0.05, 0) is 75.9 Å². The zero-order valence-electron chi connectivity index (χ0n) is 23.7. The first-order chi connectivity index (χ1) is 20.2. The van der Waals surface area contributed by atoms with E-state index in [4.69, 9.17) is 24.2 Å². The van der Waals surface area contributed by atoms with Gasteiger partial charge in [0.1, 0.15) is 5.82 Å². The summed E-state index contributed by atoms with van der Waals surface area (Å²) in [5, 5.41) is 0. The highest BCUT2D eigenvalue weighted by molar-refractivity contribution is 5.93. The summed E-state index contributed by atoms with van der Waals surface area (Å²) >= 11 is 0. The summed E-state index contributed by atoms with van der Waals surface area (Å²) in [6.45, 7) is 4.23. The van der Waals surface area contributed by atoms with Gasteiger partial charge in [-0.15, -0.1) is 0 Å². The van der Waals surface area contributed by atoms with Crippen molar-refractivity contribution in [2.75, 3.05) is 33.4 Å². The molecule has 1 atom stereocenters. The molecule has 2 aromatic heterocycles. The SMILES string of the molecule is COC(=O)c1ccc2nc(CN3CCC(c4cccc(OCC56CC(C(F)(F)F)(C5)C6)n4)CC3)n(C[C@@H]3CCO3)c2c1. The number of carbonyl (C=O) groups is 1. The smallest absolute Gasteiger partial charge is 0.394 e. The summed E-state index contributed by atoms with van der Waals surface area (Å²) < 4.78 is 58.3. The molecular weight excluding hydrogens is 549 g/mol. The first-order valence-electron chi connectivity index (χ1n) is 14.7. The fraction of sp³-hybridized carbons (Fsp3) is 0.581. The molecule has 0 amide bonds. The lowest BCUT2D eigenvalue weighted by Gasteiger charge is -2.70. The standard InChI is InChI=1S/C31H35F3N4O4/c1-40-28(39)21-5-6-24-25(13-21)38(14-22-9-12-41-22)26(35-24)15-37-10-7-20(8-11-37)23-3-2-4-27(36-23)42-19-29-16-30(17-29,18-29)31(32,33)34/h2-6,13,20,22H,7-12,14-19H2,1H3/t22-,29?,30?/m0/s1. The van der Waals surface area contributed by atoms with Crippen molar-refractivity contribution in [3.8, 4) is 5.88 Å². The predicted molar refractivity (Wildman–Crippen MR) is 147 cm³/mol. The molecule has 4 heterocycles. The summed E-state index contributed by atoms with van der Waals surface area (Å²) in [6.07, 6.45) is -0.546. The molecular formula is C31H35F3N4O4. The Hall–Kier alpha value is -3.18. The lowest BCUT2D eigenvalue weighted by atomic mass is 9.35. The summed E-state index contributed by atoms with van der Waals surface area (Å²) in [7, 11) is 1.38. The normalized spacial score (nSPS) is 27.7. The Labute approximate surface area is 242 Å². The Bertz CT molecular complexity index is 1470. The number of esters is 1. The van der Waals surface area contributed by atoms with E-state index in [0.717, 1.165) is 61.5 Å². The van der Waals surface area contributed by atoms with Crippen LogP contribution in [0.25, 0.3) is 11.0 Å². The topological polar surface area (TPSA) is 78.7 Å². The first kappa shape index (κ1) is 27.6. The average Bonchev–Trinajstić information content (AvgIpc) is 3.24. The Morgan fingerprint density at radius 1 is 1.10 bits per heavy atom. The number of hydrogen-bond donors (Lipinski definition) is 0. The third-order valence-corrected chi connectivity index (χ3v) is 9.81. The molecule has 2 bridgehead atoms. The van der Waals surface area contributed by atoms with Gasteiger partial charge >= 0.3 is 12.1 Å². The lowest BCUT2D eigenvalue weighted by Crippen LogP contribution is -2.69. The molecule has 3 saturated carbocycles. The monoisotopic (exact) mass is 584 g/mol. The van der Waals surface area contributed by atoms with Crippen molar-refractivity contribution in [1.82, 2.24) is 19.4 Å². The van der Waals surface area contributed by atoms with Crippen LogP contribution in [0.4, 0.5) is 13.2 Å². The number of ether oxygens (including phenoxy) is 3. The number of benzene rings is 1. The van der Waals surface area contributed by atoms with E-state index in [1.165, 1.54) is 7.11 Å². The lowest BCUT2D eigenvalue weighted by molar-refractivity contribution is -0.367. The van der Waals surface area contributed by atoms with Crippen LogP contribution in [-0.2, 0) is 22.6 Å². The molecule has 2 aliphatic heterocycles. The Kier molecular flexibility index (Phi) is 6.73. The highest BCUT2D eigenvalue weighted by Crippen LogP contribution is 2.78. The van der Waals surface area contributed by atoms with Crippen molar-refractivity contribution < 1.29 is 32.2 Å². The maximum atomic E-state index is 13.2. The number of halogens is 3. The number of pyridine rings is 1. The van der Waals surface area contributed by atoms with Crippen LogP contribution in [0.1, 0.15) is 66.3 Å². The minimum Gasteiger partial charge on any atom is -0.477 e. The van der Waals surface area contributed by atoms with Crippen LogP contribution < -0.4 is 4.74 Å². The largest absolute Gasteiger partial charge is 0.477 e. The molecule has 0 spiro atoms. The van der Waals surface area contributed by atoms with Crippen LogP contribution in [0.15, 0.2) is 36.4 Å². The van der Waals surface area contributed by atoms with Gasteiger partial charge in [0.2, 0.25) is 5.88 Å². The van der Waals surface area contributed by atoms with Gasteiger partial charge in [-0.1, -0.05) is 6.07 Å². The van der Waals surface area contributed by atoms with Gasteiger partial charge < -0.3 is 18.8 Å². The molecule has 0 radical (unpaired) electrons. The molecule has 5 aliphatic rings. The van der Waals surface area contributed by atoms with Crippen LogP contribution in [0, 0.1) is 10.8 Å². The van der Waals surface area contributed by atoms with E-state index in [2.05, 4.69) is 9.47 Å². The molecule has 1 aromatic carbocycles. The fourth-order valence-electron chi connectivity index (χ4n) is 7.38. The minimum atomic E-state index is -4.10. The molecule has 224 valence electrons. The first-order valence-corrected chi connectivity index (χ1v) is 14.7. The van der Waals surface area contributed by atoms with Gasteiger partial charge in [-0.25, -0.2) is 14.8 Å². The van der Waals surface area contributed by atoms with Crippen molar-refractivity contribution in [2.24, 2.45) is 10.8 Å². The maximum Gasteiger partial charge on any atom is 0.394 e. The van der Waals surface area contributed by atoms with Crippen LogP contribution >= 0.6 is 0 Å². The summed E-state index contributed by atoms with van der Waals surface area (Å²) in [5.74, 6) is 1.37. The van der Waals surface area contributed by atoms with E-state index >= 15 is 0 Å². The Balaban J connectivity index is 0.978. The van der Waals surface area contributed by atoms with E-state index in [-0.39, 0.29) is 42.7 Å². The van der Waals surface area contributed by atoms with Crippen LogP contribution in [-0.4, -0.2) is 71.1 Å². The van der Waals surface area contributed by atoms with Gasteiger partial charge in [0.05, 0.1) is 54.9 Å². The number of fused-ring (bicyclic) bond motifs is 1. The fourth-order valence-corrected chi connectivity index (χ4v) is 7.38. The number of nitrogens with zero attached hydrogens (tertiary/aromatic N) is 4. The second kappa shape index (κ2) is 10.2. The highest BCUT2D eigenvalue weighted by Gasteiger charge is 2.78. The molecule has 42 heavy (non-hydrogen) atoms. The van der Waals surface area contributed by atoms with E-state index in [9.17, 15) is 18.0 Å². The van der Waals surface area contributed by atoms with Crippen molar-refractivity contribution in [3.05, 3.63) is 53.5 Å². The molecule has 3 aromatic rings. The summed E-state index contributed by atoms with van der Waals surface area (Å²) in [5.41, 5.74) is 1.44. The van der Waals surface area contributed by atoms with Crippen molar-refractivity contribution in [1.29, 1.82) is 0 Å². The number of hydrogen-bond acceptors (Lipinski definition) is 7. The third kappa shape index (κ3) is 4.84. The number of carbonyl (C=O) groups excluding carboxylic acids is 1. The number of alkyl halides is 3. The van der Waals surface area contributed by atoms with Crippen molar-refractivity contribution in [2.45, 2.75) is 69.8 Å². The Morgan fingerprint density at radius 2 is 1.86 bits per heavy atom. The minimum absolute atomic E-state index is 0.148. The van der Waals surface area contributed by atoms with Crippen molar-refractivity contribution in [3.63, 3.8) is 0 Å². The van der Waals surface area contributed by atoms with E-state index < -0.39 is 11.6 Å². The number of imidazole rings is 1. The van der Waals surface area contributed by atoms with Gasteiger partial charge in [-0.2, -0.15) is 13.2 Å². The quantitative estimate of drug-likeness (QED) is 0.308. The molecule has 0 N–H and O–H groups in total. The molecule has 3 aliphatic carbocycles. The summed E-state index contributed by atoms with van der Waals surface area (Å²) in [6, 6.07) is 11.2. The van der Waals surface area contributed by atoms with Crippen LogP contribution in [0.5, 0.6) is 5.88 Å². The van der Waals surface area contributed by atoms with Gasteiger partial charge in [0, 0.05) is 29.7 Å². The number of methoxy groups -OCH3 is 1. The predicted octanol–water partition coefficient (Wildman–Crippen LogP) is 5.50. The van der Waals surface area contributed by atoms with Gasteiger partial charge in [-0.3, -0.25) is 4.90 Å². The van der Waals surface area contributed by atoms with E-state index in [1.807, 2.05) is 24.3 Å². The molecule has 11 heteroatoms.